The van der Waals surface area contributed by atoms with Gasteiger partial charge in [0, 0.05) is 85.8 Å². The highest BCUT2D eigenvalue weighted by atomic mass is 32.1. The second kappa shape index (κ2) is 15.2. The molecule has 11 aromatic rings. The molecule has 3 nitrogen and oxygen atoms in total. The lowest BCUT2D eigenvalue weighted by atomic mass is 9.33. The van der Waals surface area contributed by atoms with Crippen molar-refractivity contribution < 1.29 is 0 Å². The van der Waals surface area contributed by atoms with Crippen LogP contribution in [-0.2, 0) is 10.8 Å². The van der Waals surface area contributed by atoms with E-state index in [0.717, 1.165) is 22.7 Å². The van der Waals surface area contributed by atoms with Crippen molar-refractivity contribution in [1.82, 2.24) is 0 Å². The highest BCUT2D eigenvalue weighted by molar-refractivity contribution is 7.26. The van der Waals surface area contributed by atoms with E-state index in [1.165, 1.54) is 96.3 Å². The summed E-state index contributed by atoms with van der Waals surface area (Å²) in [7, 11) is 0. The molecular formula is C62H50BN3S2. The summed E-state index contributed by atoms with van der Waals surface area (Å²) in [5.41, 5.74) is 17.2. The zero-order valence-electron chi connectivity index (χ0n) is 39.2. The van der Waals surface area contributed by atoms with Crippen LogP contribution in [0.25, 0.3) is 40.3 Å². The molecule has 6 heteroatoms. The van der Waals surface area contributed by atoms with Crippen LogP contribution in [0.4, 0.5) is 51.2 Å². The fourth-order valence-electron chi connectivity index (χ4n) is 11.0. The van der Waals surface area contributed by atoms with Gasteiger partial charge in [-0.15, -0.1) is 22.7 Å². The third kappa shape index (κ3) is 6.38. The van der Waals surface area contributed by atoms with E-state index in [2.05, 4.69) is 250 Å². The second-order valence-corrected chi connectivity index (χ2v) is 22.7. The normalized spacial score (nSPS) is 13.4. The first kappa shape index (κ1) is 41.1. The smallest absolute Gasteiger partial charge is 0.252 e. The second-order valence-electron chi connectivity index (χ2n) is 20.6. The van der Waals surface area contributed by atoms with Crippen LogP contribution < -0.4 is 31.1 Å². The molecule has 0 saturated carbocycles. The molecular weight excluding hydrogens is 862 g/mol. The molecule has 4 heterocycles. The van der Waals surface area contributed by atoms with Crippen molar-refractivity contribution in [3.8, 4) is 0 Å². The SMILES string of the molecule is CC(C)(C)c1ccc(N2c3cc(N(c4ccccc4)c4ccc5sc6ccccc6c5c4)ccc3B3c4ccc5sc6ccccc6c5c4N(c4ccc(C(C)(C)C)cc4)c4cccc2c43)cc1. The Labute approximate surface area is 407 Å². The monoisotopic (exact) mass is 911 g/mol. The van der Waals surface area contributed by atoms with Gasteiger partial charge in [0.25, 0.3) is 6.71 Å². The average Bonchev–Trinajstić information content (AvgIpc) is 3.92. The third-order valence-corrected chi connectivity index (χ3v) is 16.6. The Kier molecular flexibility index (Phi) is 9.19. The summed E-state index contributed by atoms with van der Waals surface area (Å²) < 4.78 is 5.23. The standard InChI is InChI=1S/C62H50BN3S2/c1-61(2,3)39-23-27-42(28-24-39)65-51-19-14-20-52-59(51)63(50-34-36-57-58(47-18-11-13-22-55(47)68-57)60(50)66(52)43-29-25-40(26-30-43)62(4,5)6)49-33-31-45(38-53(49)65)64(41-15-8-7-9-16-41)44-32-35-56-48(37-44)46-17-10-12-21-54(46)67-56/h7-38H,1-6H3. The molecule has 0 bridgehead atoms. The first-order chi connectivity index (χ1) is 33.0. The van der Waals surface area contributed by atoms with E-state index in [1.54, 1.807) is 0 Å². The molecule has 0 amide bonds. The summed E-state index contributed by atoms with van der Waals surface area (Å²) in [5, 5.41) is 5.21. The number of benzene rings is 9. The first-order valence-corrected chi connectivity index (χ1v) is 25.4. The molecule has 0 spiro atoms. The van der Waals surface area contributed by atoms with E-state index < -0.39 is 0 Å². The molecule has 0 fully saturated rings. The summed E-state index contributed by atoms with van der Waals surface area (Å²) >= 11 is 3.76. The topological polar surface area (TPSA) is 9.72 Å². The van der Waals surface area contributed by atoms with Gasteiger partial charge in [0.1, 0.15) is 0 Å². The number of hydrogen-bond acceptors (Lipinski definition) is 5. The van der Waals surface area contributed by atoms with Gasteiger partial charge in [-0.3, -0.25) is 0 Å². The largest absolute Gasteiger partial charge is 0.311 e. The predicted molar refractivity (Wildman–Crippen MR) is 298 cm³/mol. The minimum absolute atomic E-state index is 0.0165. The molecule has 68 heavy (non-hydrogen) atoms. The van der Waals surface area contributed by atoms with Crippen LogP contribution in [0.1, 0.15) is 52.7 Å². The van der Waals surface area contributed by atoms with Crippen LogP contribution in [0.15, 0.2) is 194 Å². The van der Waals surface area contributed by atoms with E-state index in [9.17, 15) is 0 Å². The van der Waals surface area contributed by atoms with Crippen LogP contribution in [0.3, 0.4) is 0 Å². The van der Waals surface area contributed by atoms with Gasteiger partial charge in [0.15, 0.2) is 0 Å². The van der Waals surface area contributed by atoms with E-state index in [-0.39, 0.29) is 17.5 Å². The maximum atomic E-state index is 2.58. The summed E-state index contributed by atoms with van der Waals surface area (Å²) in [4.78, 5) is 7.57. The van der Waals surface area contributed by atoms with Crippen molar-refractivity contribution in [2.45, 2.75) is 52.4 Å². The predicted octanol–water partition coefficient (Wildman–Crippen LogP) is 16.6. The fraction of sp³-hybridized carbons (Fsp3) is 0.129. The highest BCUT2D eigenvalue weighted by Gasteiger charge is 2.44. The van der Waals surface area contributed by atoms with Crippen molar-refractivity contribution in [1.29, 1.82) is 0 Å². The molecule has 2 aromatic heterocycles. The first-order valence-electron chi connectivity index (χ1n) is 23.8. The van der Waals surface area contributed by atoms with Gasteiger partial charge < -0.3 is 14.7 Å². The summed E-state index contributed by atoms with van der Waals surface area (Å²) in [5.74, 6) is 0. The summed E-state index contributed by atoms with van der Waals surface area (Å²) in [6, 6.07) is 73.4. The Morgan fingerprint density at radius 1 is 0.397 bits per heavy atom. The summed E-state index contributed by atoms with van der Waals surface area (Å²) in [6.45, 7) is 13.8. The van der Waals surface area contributed by atoms with Gasteiger partial charge in [-0.2, -0.15) is 0 Å². The van der Waals surface area contributed by atoms with Gasteiger partial charge in [0.05, 0.1) is 5.69 Å². The van der Waals surface area contributed by atoms with E-state index in [4.69, 9.17) is 0 Å². The number of rotatable bonds is 5. The number of hydrogen-bond donors (Lipinski definition) is 0. The van der Waals surface area contributed by atoms with E-state index in [1.807, 2.05) is 22.7 Å². The molecule has 9 aromatic carbocycles. The zero-order chi connectivity index (χ0) is 46.1. The minimum Gasteiger partial charge on any atom is -0.311 e. The molecule has 13 rings (SSSR count). The zero-order valence-corrected chi connectivity index (χ0v) is 40.8. The van der Waals surface area contributed by atoms with Crippen molar-refractivity contribution in [3.05, 3.63) is 205 Å². The van der Waals surface area contributed by atoms with Gasteiger partial charge in [-0.1, -0.05) is 139 Å². The quantitative estimate of drug-likeness (QED) is 0.159. The summed E-state index contributed by atoms with van der Waals surface area (Å²) in [6.07, 6.45) is 0. The molecule has 328 valence electrons. The lowest BCUT2D eigenvalue weighted by Crippen LogP contribution is -2.61. The van der Waals surface area contributed by atoms with Crippen molar-refractivity contribution in [2.75, 3.05) is 14.7 Å². The molecule has 0 aliphatic carbocycles. The van der Waals surface area contributed by atoms with Crippen LogP contribution >= 0.6 is 22.7 Å². The Bertz CT molecular complexity index is 3780. The van der Waals surface area contributed by atoms with E-state index >= 15 is 0 Å². The Balaban J connectivity index is 1.08. The number of fused-ring (bicyclic) bond motifs is 11. The number of nitrogens with zero attached hydrogens (tertiary/aromatic N) is 3. The van der Waals surface area contributed by atoms with Crippen molar-refractivity contribution in [2.24, 2.45) is 0 Å². The minimum atomic E-state index is -0.0165. The number of anilines is 9. The van der Waals surface area contributed by atoms with Crippen molar-refractivity contribution in [3.63, 3.8) is 0 Å². The molecule has 0 saturated heterocycles. The van der Waals surface area contributed by atoms with Gasteiger partial charge in [-0.05, 0) is 135 Å². The Morgan fingerprint density at radius 3 is 1.62 bits per heavy atom. The Morgan fingerprint density at radius 2 is 0.926 bits per heavy atom. The van der Waals surface area contributed by atoms with Crippen molar-refractivity contribution >= 4 is 137 Å². The van der Waals surface area contributed by atoms with Gasteiger partial charge in [0.2, 0.25) is 0 Å². The maximum Gasteiger partial charge on any atom is 0.252 e. The number of thiophene rings is 2. The van der Waals surface area contributed by atoms with Crippen LogP contribution in [-0.4, -0.2) is 6.71 Å². The third-order valence-electron chi connectivity index (χ3n) is 14.4. The fourth-order valence-corrected chi connectivity index (χ4v) is 13.2. The van der Waals surface area contributed by atoms with Crippen LogP contribution in [0.5, 0.6) is 0 Å². The number of para-hydroxylation sites is 1. The molecule has 0 unspecified atom stereocenters. The molecule has 0 N–H and O–H groups in total. The molecule has 2 aliphatic heterocycles. The van der Waals surface area contributed by atoms with Crippen LogP contribution in [0.2, 0.25) is 0 Å². The van der Waals surface area contributed by atoms with Gasteiger partial charge in [-0.25, -0.2) is 0 Å². The lowest BCUT2D eigenvalue weighted by Gasteiger charge is -2.44. The molecule has 0 radical (unpaired) electrons. The molecule has 2 aliphatic rings. The van der Waals surface area contributed by atoms with E-state index in [0.29, 0.717) is 0 Å². The maximum absolute atomic E-state index is 2.58. The van der Waals surface area contributed by atoms with Crippen LogP contribution in [0, 0.1) is 0 Å². The highest BCUT2D eigenvalue weighted by Crippen LogP contribution is 2.50. The molecule has 0 atom stereocenters. The lowest BCUT2D eigenvalue weighted by molar-refractivity contribution is 0.590. The van der Waals surface area contributed by atoms with Gasteiger partial charge >= 0.3 is 0 Å². The Hall–Kier alpha value is -7.12. The average molecular weight is 912 g/mol.